The molecule has 3 rings (SSSR count). The van der Waals surface area contributed by atoms with E-state index in [2.05, 4.69) is 48.9 Å². The molecule has 0 saturated heterocycles. The maximum atomic E-state index is 11.8. The van der Waals surface area contributed by atoms with Gasteiger partial charge in [-0.15, -0.1) is 0 Å². The molecule has 0 bridgehead atoms. The van der Waals surface area contributed by atoms with Crippen molar-refractivity contribution in [2.45, 2.75) is 44.9 Å². The van der Waals surface area contributed by atoms with Gasteiger partial charge in [-0.1, -0.05) is 36.4 Å². The Morgan fingerprint density at radius 3 is 2.48 bits per heavy atom. The van der Waals surface area contributed by atoms with Crippen molar-refractivity contribution in [1.82, 2.24) is 0 Å². The fraction of sp³-hybridized carbons (Fsp3) is 0.364. The van der Waals surface area contributed by atoms with Crippen LogP contribution in [-0.4, -0.2) is 23.3 Å². The maximum Gasteiger partial charge on any atom is 0.311 e. The Morgan fingerprint density at radius 2 is 1.68 bits per heavy atom. The second kappa shape index (κ2) is 7.64. The number of carbonyl (C=O) groups is 1. The zero-order valence-corrected chi connectivity index (χ0v) is 15.1. The van der Waals surface area contributed by atoms with Crippen LogP contribution in [0.15, 0.2) is 54.6 Å². The molecular formula is C22H26NO2+. The first-order chi connectivity index (χ1) is 12.1. The van der Waals surface area contributed by atoms with E-state index in [0.29, 0.717) is 12.2 Å². The largest absolute Gasteiger partial charge is 0.427 e. The average molecular weight is 336 g/mol. The number of rotatable bonds is 7. The van der Waals surface area contributed by atoms with Crippen molar-refractivity contribution in [2.24, 2.45) is 0 Å². The zero-order valence-electron chi connectivity index (χ0n) is 15.1. The lowest BCUT2D eigenvalue weighted by atomic mass is 9.87. The molecule has 0 amide bonds. The highest BCUT2D eigenvalue weighted by Crippen LogP contribution is 2.35. The standard InChI is InChI=1S/C22H26NO2/c1-22(2)17-23(20-14-9-8-13-19(20)22)16-10-4-7-15-21(24)25-18-11-5-3-6-12-18/h3,5-6,8-9,11-14,17H,4,7,10,15-16H2,1-2H3/q+1. The van der Waals surface area contributed by atoms with Crippen molar-refractivity contribution in [3.63, 3.8) is 0 Å². The van der Waals surface area contributed by atoms with E-state index in [9.17, 15) is 4.79 Å². The smallest absolute Gasteiger partial charge is 0.311 e. The summed E-state index contributed by atoms with van der Waals surface area (Å²) in [4.78, 5) is 11.8. The van der Waals surface area contributed by atoms with Gasteiger partial charge in [0.15, 0.2) is 6.21 Å². The third kappa shape index (κ3) is 4.36. The molecule has 130 valence electrons. The molecule has 25 heavy (non-hydrogen) atoms. The number of unbranched alkanes of at least 4 members (excludes halogenated alkanes) is 2. The summed E-state index contributed by atoms with van der Waals surface area (Å²) in [5.74, 6) is 0.475. The summed E-state index contributed by atoms with van der Waals surface area (Å²) in [7, 11) is 0. The van der Waals surface area contributed by atoms with E-state index in [-0.39, 0.29) is 11.4 Å². The van der Waals surface area contributed by atoms with Gasteiger partial charge in [0.05, 0.1) is 5.41 Å². The highest BCUT2D eigenvalue weighted by atomic mass is 16.5. The summed E-state index contributed by atoms with van der Waals surface area (Å²) < 4.78 is 7.67. The molecule has 0 unspecified atom stereocenters. The van der Waals surface area contributed by atoms with Gasteiger partial charge in [-0.2, -0.15) is 0 Å². The van der Waals surface area contributed by atoms with Crippen LogP contribution in [0, 0.1) is 0 Å². The average Bonchev–Trinajstić information content (AvgIpc) is 2.87. The first-order valence-corrected chi connectivity index (χ1v) is 9.04. The molecule has 0 fully saturated rings. The number of para-hydroxylation sites is 2. The third-order valence-electron chi connectivity index (χ3n) is 4.64. The fourth-order valence-electron chi connectivity index (χ4n) is 3.38. The van der Waals surface area contributed by atoms with Crippen LogP contribution < -0.4 is 4.74 Å². The van der Waals surface area contributed by atoms with Crippen LogP contribution in [0.5, 0.6) is 5.75 Å². The second-order valence-corrected chi connectivity index (χ2v) is 7.16. The number of hydrogen-bond acceptors (Lipinski definition) is 2. The summed E-state index contributed by atoms with van der Waals surface area (Å²) in [6, 6.07) is 17.9. The summed E-state index contributed by atoms with van der Waals surface area (Å²) in [5.41, 5.74) is 2.80. The molecule has 0 aromatic heterocycles. The van der Waals surface area contributed by atoms with Crippen LogP contribution in [0.25, 0.3) is 0 Å². The Labute approximate surface area is 150 Å². The Kier molecular flexibility index (Phi) is 5.32. The van der Waals surface area contributed by atoms with Gasteiger partial charge >= 0.3 is 5.97 Å². The fourth-order valence-corrected chi connectivity index (χ4v) is 3.38. The molecule has 1 aliphatic heterocycles. The Hall–Kier alpha value is -2.42. The van der Waals surface area contributed by atoms with E-state index in [1.54, 1.807) is 12.1 Å². The van der Waals surface area contributed by atoms with Gasteiger partial charge in [-0.25, -0.2) is 4.58 Å². The van der Waals surface area contributed by atoms with Gasteiger partial charge < -0.3 is 4.74 Å². The van der Waals surface area contributed by atoms with Crippen molar-refractivity contribution < 1.29 is 14.1 Å². The van der Waals surface area contributed by atoms with Gasteiger partial charge in [-0.05, 0) is 38.8 Å². The van der Waals surface area contributed by atoms with Gasteiger partial charge in [0.25, 0.3) is 0 Å². The maximum absolute atomic E-state index is 11.8. The van der Waals surface area contributed by atoms with Gasteiger partial charge in [-0.3, -0.25) is 4.79 Å². The predicted molar refractivity (Wildman–Crippen MR) is 101 cm³/mol. The normalized spacial score (nSPS) is 14.7. The quantitative estimate of drug-likeness (QED) is 0.313. The van der Waals surface area contributed by atoms with Crippen LogP contribution in [-0.2, 0) is 10.2 Å². The number of benzene rings is 2. The highest BCUT2D eigenvalue weighted by Gasteiger charge is 2.36. The number of esters is 1. The number of carbonyl (C=O) groups excluding carboxylic acids is 1. The molecule has 2 aromatic rings. The van der Waals surface area contributed by atoms with E-state index in [0.717, 1.165) is 25.8 Å². The van der Waals surface area contributed by atoms with E-state index in [1.165, 1.54) is 11.3 Å². The number of hydrogen-bond donors (Lipinski definition) is 0. The van der Waals surface area contributed by atoms with Gasteiger partial charge in [0.1, 0.15) is 12.3 Å². The number of ether oxygens (including phenoxy) is 1. The Morgan fingerprint density at radius 1 is 0.960 bits per heavy atom. The van der Waals surface area contributed by atoms with Crippen molar-refractivity contribution in [1.29, 1.82) is 0 Å². The molecular weight excluding hydrogens is 310 g/mol. The summed E-state index contributed by atoms with van der Waals surface area (Å²) in [6.45, 7) is 5.50. The predicted octanol–water partition coefficient (Wildman–Crippen LogP) is 4.86. The molecule has 0 N–H and O–H groups in total. The minimum absolute atomic E-state index is 0.0933. The SMILES string of the molecule is CC1(C)C=[N+](CCCCCC(=O)Oc2ccccc2)c2ccccc21. The van der Waals surface area contributed by atoms with Crippen LogP contribution in [0.1, 0.15) is 45.1 Å². The monoisotopic (exact) mass is 336 g/mol. The van der Waals surface area contributed by atoms with Gasteiger partial charge in [0, 0.05) is 24.5 Å². The first-order valence-electron chi connectivity index (χ1n) is 9.04. The second-order valence-electron chi connectivity index (χ2n) is 7.16. The molecule has 1 aliphatic rings. The van der Waals surface area contributed by atoms with Crippen molar-refractivity contribution in [2.75, 3.05) is 6.54 Å². The van der Waals surface area contributed by atoms with Gasteiger partial charge in [0.2, 0.25) is 5.69 Å². The molecule has 0 spiro atoms. The third-order valence-corrected chi connectivity index (χ3v) is 4.64. The minimum atomic E-state index is -0.148. The van der Waals surface area contributed by atoms with Crippen LogP contribution in [0.2, 0.25) is 0 Å². The molecule has 3 heteroatoms. The molecule has 0 atom stereocenters. The number of nitrogens with zero attached hydrogens (tertiary/aromatic N) is 1. The van der Waals surface area contributed by atoms with Crippen molar-refractivity contribution >= 4 is 17.9 Å². The van der Waals surface area contributed by atoms with E-state index in [1.807, 2.05) is 18.2 Å². The van der Waals surface area contributed by atoms with Crippen LogP contribution in [0.3, 0.4) is 0 Å². The molecule has 1 heterocycles. The van der Waals surface area contributed by atoms with Crippen molar-refractivity contribution in [3.05, 3.63) is 60.2 Å². The molecule has 0 saturated carbocycles. The summed E-state index contributed by atoms with van der Waals surface area (Å²) in [5, 5.41) is 0. The summed E-state index contributed by atoms with van der Waals surface area (Å²) >= 11 is 0. The zero-order chi connectivity index (χ0) is 17.7. The molecule has 0 aliphatic carbocycles. The van der Waals surface area contributed by atoms with Crippen LogP contribution in [0.4, 0.5) is 5.69 Å². The Bertz CT molecular complexity index is 763. The molecule has 0 radical (unpaired) electrons. The van der Waals surface area contributed by atoms with E-state index < -0.39 is 0 Å². The lowest BCUT2D eigenvalue weighted by Crippen LogP contribution is -2.17. The first kappa shape index (κ1) is 17.4. The lowest BCUT2D eigenvalue weighted by molar-refractivity contribution is -0.434. The topological polar surface area (TPSA) is 29.3 Å². The lowest BCUT2D eigenvalue weighted by Gasteiger charge is -2.09. The molecule has 2 aromatic carbocycles. The Balaban J connectivity index is 1.41. The highest BCUT2D eigenvalue weighted by molar-refractivity contribution is 5.76. The van der Waals surface area contributed by atoms with E-state index >= 15 is 0 Å². The van der Waals surface area contributed by atoms with E-state index in [4.69, 9.17) is 4.74 Å². The minimum Gasteiger partial charge on any atom is -0.427 e. The summed E-state index contributed by atoms with van der Waals surface area (Å²) in [6.07, 6.45) is 5.75. The molecule has 3 nitrogen and oxygen atoms in total. The number of fused-ring (bicyclic) bond motifs is 1. The van der Waals surface area contributed by atoms with Crippen molar-refractivity contribution in [3.8, 4) is 5.75 Å². The van der Waals surface area contributed by atoms with Crippen LogP contribution >= 0.6 is 0 Å².